The summed E-state index contributed by atoms with van der Waals surface area (Å²) in [6, 6.07) is 8.08. The molecule has 3 rings (SSSR count). The van der Waals surface area contributed by atoms with Crippen molar-refractivity contribution in [2.75, 3.05) is 19.7 Å². The lowest BCUT2D eigenvalue weighted by Crippen LogP contribution is -2.48. The van der Waals surface area contributed by atoms with Gasteiger partial charge >= 0.3 is 6.09 Å². The van der Waals surface area contributed by atoms with Crippen LogP contribution in [0.1, 0.15) is 37.9 Å². The zero-order valence-corrected chi connectivity index (χ0v) is 20.6. The number of aryl methyl sites for hydroxylation is 1. The van der Waals surface area contributed by atoms with Gasteiger partial charge in [0.05, 0.1) is 19.2 Å². The molecule has 9 heteroatoms. The van der Waals surface area contributed by atoms with Crippen LogP contribution in [-0.2, 0) is 11.3 Å². The zero-order chi connectivity index (χ0) is 21.3. The van der Waals surface area contributed by atoms with Crippen molar-refractivity contribution in [2.24, 2.45) is 10.9 Å². The summed E-state index contributed by atoms with van der Waals surface area (Å²) in [6.45, 7) is 7.94. The van der Waals surface area contributed by atoms with Crippen molar-refractivity contribution in [3.63, 3.8) is 0 Å². The number of nitrogens with one attached hydrogen (secondary N) is 3. The highest BCUT2D eigenvalue weighted by Crippen LogP contribution is 2.32. The van der Waals surface area contributed by atoms with Crippen molar-refractivity contribution in [3.05, 3.63) is 41.8 Å². The molecule has 0 aliphatic heterocycles. The van der Waals surface area contributed by atoms with Gasteiger partial charge in [-0.15, -0.1) is 24.0 Å². The van der Waals surface area contributed by atoms with Crippen molar-refractivity contribution in [1.82, 2.24) is 20.9 Å². The summed E-state index contributed by atoms with van der Waals surface area (Å²) in [5.41, 5.74) is 2.89. The monoisotopic (exact) mass is 541 g/mol. The second-order valence-corrected chi connectivity index (χ2v) is 7.39. The minimum Gasteiger partial charge on any atom is -0.450 e. The molecule has 3 N–H and O–H groups in total. The number of carbonyl (C=O) groups is 1. The fraction of sp³-hybridized carbons (Fsp3) is 0.500. The van der Waals surface area contributed by atoms with E-state index in [9.17, 15) is 4.79 Å². The molecule has 1 saturated carbocycles. The highest BCUT2D eigenvalue weighted by molar-refractivity contribution is 14.0. The molecule has 1 atom stereocenters. The Morgan fingerprint density at radius 3 is 2.65 bits per heavy atom. The maximum absolute atomic E-state index is 11.8. The van der Waals surface area contributed by atoms with E-state index >= 15 is 0 Å². The average Bonchev–Trinajstić information content (AvgIpc) is 3.47. The van der Waals surface area contributed by atoms with Gasteiger partial charge < -0.3 is 25.1 Å². The molecule has 170 valence electrons. The number of amides is 1. The minimum atomic E-state index is -0.371. The summed E-state index contributed by atoms with van der Waals surface area (Å²) in [4.78, 5) is 20.9. The molecule has 1 heterocycles. The van der Waals surface area contributed by atoms with Crippen LogP contribution >= 0.6 is 24.0 Å². The van der Waals surface area contributed by atoms with Gasteiger partial charge in [0.15, 0.2) is 5.96 Å². The fourth-order valence-corrected chi connectivity index (χ4v) is 3.08. The number of hydrogen-bond acceptors (Lipinski definition) is 5. The van der Waals surface area contributed by atoms with E-state index in [1.165, 1.54) is 5.56 Å². The normalized spacial score (nSPS) is 14.4. The van der Waals surface area contributed by atoms with Crippen LogP contribution in [-0.4, -0.2) is 42.8 Å². The Balaban J connectivity index is 0.00000341. The van der Waals surface area contributed by atoms with Crippen molar-refractivity contribution in [3.8, 4) is 11.5 Å². The van der Waals surface area contributed by atoms with Crippen molar-refractivity contribution in [2.45, 2.75) is 46.2 Å². The molecule has 1 aliphatic rings. The van der Waals surface area contributed by atoms with Crippen LogP contribution in [0.3, 0.4) is 0 Å². The van der Waals surface area contributed by atoms with E-state index in [4.69, 9.17) is 9.15 Å². The van der Waals surface area contributed by atoms with Gasteiger partial charge in [-0.3, -0.25) is 0 Å². The number of guanidine groups is 1. The largest absolute Gasteiger partial charge is 0.450 e. The number of ether oxygens (including phenoxy) is 1. The topological polar surface area (TPSA) is 101 Å². The van der Waals surface area contributed by atoms with Gasteiger partial charge in [0.1, 0.15) is 12.0 Å². The summed E-state index contributed by atoms with van der Waals surface area (Å²) >= 11 is 0. The summed E-state index contributed by atoms with van der Waals surface area (Å²) in [5, 5.41) is 9.48. The predicted octanol–water partition coefficient (Wildman–Crippen LogP) is 3.85. The van der Waals surface area contributed by atoms with Crippen LogP contribution in [0.15, 0.2) is 39.9 Å². The van der Waals surface area contributed by atoms with Crippen molar-refractivity contribution < 1.29 is 13.9 Å². The summed E-state index contributed by atoms with van der Waals surface area (Å²) in [5.74, 6) is 1.75. The maximum Gasteiger partial charge on any atom is 0.407 e. The van der Waals surface area contributed by atoms with Gasteiger partial charge in [-0.05, 0) is 51.7 Å². The number of benzene rings is 1. The van der Waals surface area contributed by atoms with Gasteiger partial charge in [-0.1, -0.05) is 17.7 Å². The first-order valence-corrected chi connectivity index (χ1v) is 10.6. The average molecular weight is 541 g/mol. The molecule has 1 aromatic carbocycles. The Morgan fingerprint density at radius 1 is 1.26 bits per heavy atom. The highest BCUT2D eigenvalue weighted by atomic mass is 127. The third-order valence-corrected chi connectivity index (χ3v) is 4.85. The third kappa shape index (κ3) is 8.04. The predicted molar refractivity (Wildman–Crippen MR) is 132 cm³/mol. The Labute approximate surface area is 200 Å². The van der Waals surface area contributed by atoms with Crippen molar-refractivity contribution in [1.29, 1.82) is 0 Å². The number of rotatable bonds is 9. The molecule has 1 fully saturated rings. The number of carbonyl (C=O) groups excluding carboxylic acids is 1. The first kappa shape index (κ1) is 25.0. The number of aromatic nitrogens is 1. The smallest absolute Gasteiger partial charge is 0.407 e. The van der Waals surface area contributed by atoms with E-state index < -0.39 is 0 Å². The van der Waals surface area contributed by atoms with Gasteiger partial charge in [-0.2, -0.15) is 0 Å². The lowest BCUT2D eigenvalue weighted by atomic mass is 10.1. The Bertz CT molecular complexity index is 849. The number of oxazole rings is 1. The van der Waals surface area contributed by atoms with Gasteiger partial charge in [0, 0.05) is 18.7 Å². The maximum atomic E-state index is 11.8. The molecular weight excluding hydrogens is 509 g/mol. The second kappa shape index (κ2) is 12.5. The Morgan fingerprint density at radius 2 is 2.00 bits per heavy atom. The molecule has 2 aromatic rings. The highest BCUT2D eigenvalue weighted by Gasteiger charge is 2.32. The Kier molecular flexibility index (Phi) is 10.1. The summed E-state index contributed by atoms with van der Waals surface area (Å²) < 4.78 is 10.6. The SMILES string of the molecule is CCNC(=NCc1coc(-c2ccc(C)cc2)n1)NCC(NC(=O)OCC)C1CC1.I. The molecule has 0 radical (unpaired) electrons. The lowest BCUT2D eigenvalue weighted by Gasteiger charge is -2.20. The summed E-state index contributed by atoms with van der Waals surface area (Å²) in [6.07, 6.45) is 3.50. The molecule has 31 heavy (non-hydrogen) atoms. The molecule has 8 nitrogen and oxygen atoms in total. The van der Waals surface area contributed by atoms with Crippen molar-refractivity contribution >= 4 is 36.0 Å². The van der Waals surface area contributed by atoms with Crippen LogP contribution in [0.5, 0.6) is 0 Å². The van der Waals surface area contributed by atoms with Gasteiger partial charge in [0.2, 0.25) is 5.89 Å². The molecule has 1 aromatic heterocycles. The van der Waals surface area contributed by atoms with Crippen LogP contribution in [0.4, 0.5) is 4.79 Å². The first-order valence-electron chi connectivity index (χ1n) is 10.6. The van der Waals surface area contributed by atoms with E-state index in [2.05, 4.69) is 25.9 Å². The molecule has 1 amide bonds. The van der Waals surface area contributed by atoms with E-state index in [1.807, 2.05) is 38.1 Å². The third-order valence-electron chi connectivity index (χ3n) is 4.85. The lowest BCUT2D eigenvalue weighted by molar-refractivity contribution is 0.146. The number of halogens is 1. The van der Waals surface area contributed by atoms with Gasteiger partial charge in [0.25, 0.3) is 0 Å². The quantitative estimate of drug-likeness (QED) is 0.254. The van der Waals surface area contributed by atoms with Gasteiger partial charge in [-0.25, -0.2) is 14.8 Å². The number of nitrogens with zero attached hydrogens (tertiary/aromatic N) is 2. The van der Waals surface area contributed by atoms with Crippen LogP contribution < -0.4 is 16.0 Å². The van der Waals surface area contributed by atoms with E-state index in [0.29, 0.717) is 37.5 Å². The fourth-order valence-electron chi connectivity index (χ4n) is 3.08. The first-order chi connectivity index (χ1) is 14.6. The molecule has 1 unspecified atom stereocenters. The molecular formula is C22H32IN5O3. The summed E-state index contributed by atoms with van der Waals surface area (Å²) in [7, 11) is 0. The second-order valence-electron chi connectivity index (χ2n) is 7.39. The number of aliphatic imine (C=N–C) groups is 1. The van der Waals surface area contributed by atoms with Crippen LogP contribution in [0.25, 0.3) is 11.5 Å². The zero-order valence-electron chi connectivity index (χ0n) is 18.3. The molecule has 1 aliphatic carbocycles. The number of alkyl carbamates (subject to hydrolysis) is 1. The molecule has 0 spiro atoms. The molecule has 0 saturated heterocycles. The molecule has 0 bridgehead atoms. The van der Waals surface area contributed by atoms with Crippen LogP contribution in [0, 0.1) is 12.8 Å². The van der Waals surface area contributed by atoms with E-state index in [1.54, 1.807) is 13.2 Å². The number of hydrogen-bond donors (Lipinski definition) is 3. The van der Waals surface area contributed by atoms with E-state index in [0.717, 1.165) is 30.6 Å². The van der Waals surface area contributed by atoms with E-state index in [-0.39, 0.29) is 36.1 Å². The Hall–Kier alpha value is -2.30. The standard InChI is InChI=1S/C22H31N5O3.HI/c1-4-23-21(25-13-19(16-10-11-16)27-22(28)29-5-2)24-12-18-14-30-20(26-18)17-8-6-15(3)7-9-17;/h6-9,14,16,19H,4-5,10-13H2,1-3H3,(H,27,28)(H2,23,24,25);1H. The minimum absolute atomic E-state index is 0. The van der Waals surface area contributed by atoms with Crippen LogP contribution in [0.2, 0.25) is 0 Å².